The number of nitriles is 1. The Kier molecular flexibility index (Phi) is 4.70. The molecular weight excluding hydrogens is 272 g/mol. The van der Waals surface area contributed by atoms with Gasteiger partial charge < -0.3 is 10.5 Å². The fraction of sp³-hybridized carbons (Fsp3) is 0.571. The fourth-order valence-electron chi connectivity index (χ4n) is 2.53. The molecule has 0 bridgehead atoms. The van der Waals surface area contributed by atoms with Crippen molar-refractivity contribution in [1.82, 2.24) is 4.98 Å². The molecule has 1 fully saturated rings. The largest absolute Gasteiger partial charge is 0.471 e. The lowest BCUT2D eigenvalue weighted by Crippen LogP contribution is -2.45. The molecule has 0 amide bonds. The molecule has 0 saturated heterocycles. The Balaban J connectivity index is 2.12. The van der Waals surface area contributed by atoms with Gasteiger partial charge in [0.25, 0.3) is 5.88 Å². The molecule has 1 saturated carbocycles. The van der Waals surface area contributed by atoms with Gasteiger partial charge in [-0.1, -0.05) is 25.7 Å². The molecule has 1 aromatic heterocycles. The van der Waals surface area contributed by atoms with E-state index in [2.05, 4.69) is 4.98 Å². The van der Waals surface area contributed by atoms with E-state index >= 15 is 0 Å². The Labute approximate surface area is 122 Å². The van der Waals surface area contributed by atoms with Crippen LogP contribution in [0.5, 0.6) is 5.88 Å². The van der Waals surface area contributed by atoms with E-state index in [0.29, 0.717) is 0 Å². The van der Waals surface area contributed by atoms with E-state index in [1.54, 1.807) is 0 Å². The summed E-state index contributed by atoms with van der Waals surface area (Å²) >= 11 is 0. The lowest BCUT2D eigenvalue weighted by atomic mass is 9.93. The van der Waals surface area contributed by atoms with E-state index in [-0.39, 0.29) is 23.7 Å². The maximum absolute atomic E-state index is 11.0. The van der Waals surface area contributed by atoms with Crippen molar-refractivity contribution >= 4 is 5.69 Å². The topological polar surface area (TPSA) is 115 Å². The number of hydrogen-bond donors (Lipinski definition) is 1. The molecule has 1 heterocycles. The molecule has 0 aliphatic heterocycles. The van der Waals surface area contributed by atoms with Crippen LogP contribution >= 0.6 is 0 Å². The Morgan fingerprint density at radius 1 is 1.43 bits per heavy atom. The molecule has 112 valence electrons. The van der Waals surface area contributed by atoms with Crippen LogP contribution in [0.1, 0.15) is 44.1 Å². The van der Waals surface area contributed by atoms with Gasteiger partial charge in [-0.05, 0) is 12.8 Å². The van der Waals surface area contributed by atoms with E-state index in [1.165, 1.54) is 12.3 Å². The number of rotatable bonds is 4. The minimum atomic E-state index is -0.598. The first kappa shape index (κ1) is 15.2. The van der Waals surface area contributed by atoms with Crippen LogP contribution in [-0.2, 0) is 0 Å². The second-order valence-corrected chi connectivity index (χ2v) is 5.48. The van der Waals surface area contributed by atoms with E-state index in [9.17, 15) is 10.1 Å². The monoisotopic (exact) mass is 290 g/mol. The third-order valence-electron chi connectivity index (χ3n) is 3.75. The molecule has 1 aliphatic rings. The summed E-state index contributed by atoms with van der Waals surface area (Å²) in [5.74, 6) is -0.0759. The molecule has 0 atom stereocenters. The molecule has 0 unspecified atom stereocenters. The van der Waals surface area contributed by atoms with Gasteiger partial charge in [-0.2, -0.15) is 5.26 Å². The second kappa shape index (κ2) is 6.50. The van der Waals surface area contributed by atoms with E-state index < -0.39 is 10.5 Å². The number of aromatic nitrogens is 1. The molecule has 0 aromatic carbocycles. The molecule has 2 rings (SSSR count). The van der Waals surface area contributed by atoms with Gasteiger partial charge in [-0.3, -0.25) is 10.1 Å². The van der Waals surface area contributed by atoms with Crippen molar-refractivity contribution < 1.29 is 9.66 Å². The molecule has 0 spiro atoms. The van der Waals surface area contributed by atoms with Gasteiger partial charge in [-0.15, -0.1) is 0 Å². The molecule has 0 radical (unpaired) electrons. The highest BCUT2D eigenvalue weighted by atomic mass is 16.6. The molecule has 21 heavy (non-hydrogen) atoms. The van der Waals surface area contributed by atoms with Crippen molar-refractivity contribution in [1.29, 1.82) is 5.26 Å². The molecule has 7 nitrogen and oxygen atoms in total. The molecule has 1 aliphatic carbocycles. The number of pyridine rings is 1. The first-order valence-corrected chi connectivity index (χ1v) is 7.00. The minimum Gasteiger partial charge on any atom is -0.471 e. The second-order valence-electron chi connectivity index (χ2n) is 5.48. The number of nitrogens with zero attached hydrogens (tertiary/aromatic N) is 3. The van der Waals surface area contributed by atoms with Crippen molar-refractivity contribution in [3.05, 3.63) is 27.9 Å². The van der Waals surface area contributed by atoms with E-state index in [1.807, 2.05) is 6.07 Å². The van der Waals surface area contributed by atoms with Gasteiger partial charge >= 0.3 is 5.69 Å². The zero-order valence-corrected chi connectivity index (χ0v) is 11.7. The highest BCUT2D eigenvalue weighted by molar-refractivity contribution is 5.46. The standard InChI is InChI=1S/C14H18N4O3/c15-8-11-7-12(18(19)20)13(17-9-11)21-10-14(16)5-3-1-2-4-6-14/h7,9H,1-6,10,16H2. The zero-order valence-electron chi connectivity index (χ0n) is 11.7. The third kappa shape index (κ3) is 3.89. The van der Waals surface area contributed by atoms with Crippen LogP contribution in [0, 0.1) is 21.4 Å². The first-order valence-electron chi connectivity index (χ1n) is 7.00. The summed E-state index contributed by atoms with van der Waals surface area (Å²) in [7, 11) is 0. The molecular formula is C14H18N4O3. The van der Waals surface area contributed by atoms with Crippen LogP contribution in [0.2, 0.25) is 0 Å². The maximum atomic E-state index is 11.0. The van der Waals surface area contributed by atoms with Gasteiger partial charge in [0.1, 0.15) is 12.7 Å². The van der Waals surface area contributed by atoms with Crippen molar-refractivity contribution in [3.8, 4) is 11.9 Å². The van der Waals surface area contributed by atoms with Crippen LogP contribution in [0.15, 0.2) is 12.3 Å². The average Bonchev–Trinajstić information content (AvgIpc) is 2.70. The van der Waals surface area contributed by atoms with Crippen LogP contribution in [-0.4, -0.2) is 22.1 Å². The lowest BCUT2D eigenvalue weighted by Gasteiger charge is -2.27. The molecule has 1 aromatic rings. The highest BCUT2D eigenvalue weighted by Gasteiger charge is 2.29. The van der Waals surface area contributed by atoms with Crippen molar-refractivity contribution in [2.45, 2.75) is 44.1 Å². The molecule has 2 N–H and O–H groups in total. The Morgan fingerprint density at radius 3 is 2.67 bits per heavy atom. The van der Waals surface area contributed by atoms with Crippen LogP contribution in [0.4, 0.5) is 5.69 Å². The van der Waals surface area contributed by atoms with Gasteiger partial charge in [0.2, 0.25) is 0 Å². The molecule has 7 heteroatoms. The number of ether oxygens (including phenoxy) is 1. The third-order valence-corrected chi connectivity index (χ3v) is 3.75. The van der Waals surface area contributed by atoms with Gasteiger partial charge in [0, 0.05) is 12.3 Å². The lowest BCUT2D eigenvalue weighted by molar-refractivity contribution is -0.386. The Hall–Kier alpha value is -2.20. The number of hydrogen-bond acceptors (Lipinski definition) is 6. The summed E-state index contributed by atoms with van der Waals surface area (Å²) in [6.45, 7) is 0.201. The average molecular weight is 290 g/mol. The van der Waals surface area contributed by atoms with Crippen LogP contribution < -0.4 is 10.5 Å². The van der Waals surface area contributed by atoms with Crippen molar-refractivity contribution in [3.63, 3.8) is 0 Å². The predicted molar refractivity (Wildman–Crippen MR) is 75.7 cm³/mol. The summed E-state index contributed by atoms with van der Waals surface area (Å²) < 4.78 is 5.51. The Bertz CT molecular complexity index is 560. The van der Waals surface area contributed by atoms with Crippen molar-refractivity contribution in [2.24, 2.45) is 5.73 Å². The van der Waals surface area contributed by atoms with E-state index in [4.69, 9.17) is 15.7 Å². The Morgan fingerprint density at radius 2 is 2.10 bits per heavy atom. The number of nitrogens with two attached hydrogens (primary N) is 1. The van der Waals surface area contributed by atoms with Gasteiger partial charge in [-0.25, -0.2) is 4.98 Å². The van der Waals surface area contributed by atoms with Gasteiger partial charge in [0.15, 0.2) is 0 Å². The summed E-state index contributed by atoms with van der Waals surface area (Å²) in [5.41, 5.74) is 5.69. The number of nitro groups is 1. The van der Waals surface area contributed by atoms with Crippen LogP contribution in [0.3, 0.4) is 0 Å². The summed E-state index contributed by atoms with van der Waals surface area (Å²) in [6.07, 6.45) is 7.36. The van der Waals surface area contributed by atoms with Crippen molar-refractivity contribution in [2.75, 3.05) is 6.61 Å². The predicted octanol–water partition coefficient (Wildman–Crippen LogP) is 2.29. The normalized spacial score (nSPS) is 17.5. The first-order chi connectivity index (χ1) is 10.0. The quantitative estimate of drug-likeness (QED) is 0.516. The van der Waals surface area contributed by atoms with E-state index in [0.717, 1.165) is 38.5 Å². The summed E-state index contributed by atoms with van der Waals surface area (Å²) in [5, 5.41) is 19.8. The SMILES string of the molecule is N#Cc1cnc(OCC2(N)CCCCCC2)c([N+](=O)[O-])c1. The maximum Gasteiger partial charge on any atom is 0.332 e. The highest BCUT2D eigenvalue weighted by Crippen LogP contribution is 2.29. The minimum absolute atomic E-state index is 0.0759. The summed E-state index contributed by atoms with van der Waals surface area (Å²) in [6, 6.07) is 2.99. The zero-order chi connectivity index (χ0) is 15.3. The fourth-order valence-corrected chi connectivity index (χ4v) is 2.53. The van der Waals surface area contributed by atoms with Crippen LogP contribution in [0.25, 0.3) is 0 Å². The van der Waals surface area contributed by atoms with Gasteiger partial charge in [0.05, 0.1) is 16.0 Å². The smallest absolute Gasteiger partial charge is 0.332 e. The summed E-state index contributed by atoms with van der Waals surface area (Å²) in [4.78, 5) is 14.3.